The van der Waals surface area contributed by atoms with Crippen LogP contribution in [0.5, 0.6) is 0 Å². The van der Waals surface area contributed by atoms with E-state index in [0.29, 0.717) is 0 Å². The molecule has 334 valence electrons. The van der Waals surface area contributed by atoms with Gasteiger partial charge in [0, 0.05) is 39.2 Å². The van der Waals surface area contributed by atoms with Crippen LogP contribution in [0, 0.1) is 27.7 Å². The molecule has 0 amide bonds. The second kappa shape index (κ2) is 15.8. The SMILES string of the molecule is Cc1cccc(N(c2ccc(-c3c4cc5c(cc4c(N(c4cccc(C)c4)c4cccc(C)c4)c4cc6c(cc34)C(C)(C)CCC6(C)C)C(C)(C)CCC5(C)C)cc2)c2cccc(C)c2)c1. The average molecular weight is 865 g/mol. The molecule has 0 aromatic heterocycles. The first-order valence-electron chi connectivity index (χ1n) is 24.4. The Morgan fingerprint density at radius 2 is 0.621 bits per heavy atom. The van der Waals surface area contributed by atoms with E-state index in [4.69, 9.17) is 0 Å². The van der Waals surface area contributed by atoms with E-state index in [-0.39, 0.29) is 21.7 Å². The third-order valence-electron chi connectivity index (χ3n) is 15.7. The number of rotatable bonds is 7. The zero-order valence-electron chi connectivity index (χ0n) is 41.6. The van der Waals surface area contributed by atoms with Crippen molar-refractivity contribution in [2.45, 2.75) is 130 Å². The molecule has 2 aliphatic carbocycles. The molecule has 0 bridgehead atoms. The van der Waals surface area contributed by atoms with Crippen molar-refractivity contribution in [3.05, 3.63) is 190 Å². The molecule has 0 saturated heterocycles. The maximum absolute atomic E-state index is 2.64. The summed E-state index contributed by atoms with van der Waals surface area (Å²) >= 11 is 0. The number of nitrogens with zero attached hydrogens (tertiary/aromatic N) is 2. The van der Waals surface area contributed by atoms with Gasteiger partial charge in [0.1, 0.15) is 0 Å². The van der Waals surface area contributed by atoms with E-state index in [0.717, 1.165) is 42.7 Å². The van der Waals surface area contributed by atoms with Crippen LogP contribution in [0.25, 0.3) is 32.7 Å². The molecular formula is C64H68N2. The normalized spacial score (nSPS) is 16.7. The highest BCUT2D eigenvalue weighted by Crippen LogP contribution is 2.56. The summed E-state index contributed by atoms with van der Waals surface area (Å²) in [7, 11) is 0. The van der Waals surface area contributed by atoms with Gasteiger partial charge in [0.15, 0.2) is 0 Å². The Balaban J connectivity index is 1.36. The zero-order valence-corrected chi connectivity index (χ0v) is 41.6. The van der Waals surface area contributed by atoms with Crippen molar-refractivity contribution >= 4 is 55.7 Å². The van der Waals surface area contributed by atoms with Gasteiger partial charge in [-0.2, -0.15) is 0 Å². The Kier molecular flexibility index (Phi) is 10.4. The number of anilines is 6. The molecule has 0 N–H and O–H groups in total. The third-order valence-corrected chi connectivity index (χ3v) is 15.7. The first-order chi connectivity index (χ1) is 31.3. The first-order valence-corrected chi connectivity index (χ1v) is 24.4. The predicted octanol–water partition coefficient (Wildman–Crippen LogP) is 18.5. The molecule has 0 fully saturated rings. The van der Waals surface area contributed by atoms with Crippen LogP contribution in [0.2, 0.25) is 0 Å². The van der Waals surface area contributed by atoms with Gasteiger partial charge in [-0.25, -0.2) is 0 Å². The smallest absolute Gasteiger partial charge is 0.0619 e. The van der Waals surface area contributed by atoms with Crippen molar-refractivity contribution < 1.29 is 0 Å². The predicted molar refractivity (Wildman–Crippen MR) is 286 cm³/mol. The highest BCUT2D eigenvalue weighted by atomic mass is 15.1. The maximum atomic E-state index is 2.64. The van der Waals surface area contributed by atoms with Crippen molar-refractivity contribution in [3.8, 4) is 11.1 Å². The van der Waals surface area contributed by atoms with Crippen LogP contribution in [-0.2, 0) is 21.7 Å². The lowest BCUT2D eigenvalue weighted by atomic mass is 9.61. The summed E-state index contributed by atoms with van der Waals surface area (Å²) in [4.78, 5) is 5.01. The van der Waals surface area contributed by atoms with Crippen LogP contribution in [0.1, 0.15) is 126 Å². The van der Waals surface area contributed by atoms with Crippen LogP contribution >= 0.6 is 0 Å². The van der Waals surface area contributed by atoms with E-state index in [1.54, 1.807) is 0 Å². The fourth-order valence-corrected chi connectivity index (χ4v) is 11.6. The molecule has 2 heteroatoms. The minimum absolute atomic E-state index is 0.0293. The van der Waals surface area contributed by atoms with E-state index >= 15 is 0 Å². The first kappa shape index (κ1) is 43.8. The van der Waals surface area contributed by atoms with E-state index in [9.17, 15) is 0 Å². The molecule has 66 heavy (non-hydrogen) atoms. The van der Waals surface area contributed by atoms with E-state index in [1.165, 1.54) is 94.2 Å². The Bertz CT molecular complexity index is 3010. The van der Waals surface area contributed by atoms with E-state index < -0.39 is 0 Å². The average Bonchev–Trinajstić information content (AvgIpc) is 3.27. The summed E-state index contributed by atoms with van der Waals surface area (Å²) in [5.74, 6) is 0. The van der Waals surface area contributed by atoms with E-state index in [2.05, 4.69) is 238 Å². The largest absolute Gasteiger partial charge is 0.310 e. The minimum Gasteiger partial charge on any atom is -0.310 e. The van der Waals surface area contributed by atoms with Crippen molar-refractivity contribution in [1.82, 2.24) is 0 Å². The van der Waals surface area contributed by atoms with E-state index in [1.807, 2.05) is 0 Å². The van der Waals surface area contributed by atoms with Crippen LogP contribution in [0.15, 0.2) is 146 Å². The van der Waals surface area contributed by atoms with Crippen molar-refractivity contribution in [2.24, 2.45) is 0 Å². The summed E-state index contributed by atoms with van der Waals surface area (Å²) < 4.78 is 0. The molecule has 2 nitrogen and oxygen atoms in total. The molecule has 8 aromatic carbocycles. The lowest BCUT2D eigenvalue weighted by molar-refractivity contribution is 0.332. The number of benzene rings is 8. The van der Waals surface area contributed by atoms with Gasteiger partial charge in [0.25, 0.3) is 0 Å². The summed E-state index contributed by atoms with van der Waals surface area (Å²) in [5, 5.41) is 5.26. The molecule has 0 spiro atoms. The van der Waals surface area contributed by atoms with Crippen molar-refractivity contribution in [1.29, 1.82) is 0 Å². The summed E-state index contributed by atoms with van der Waals surface area (Å²) in [6.07, 6.45) is 4.63. The monoisotopic (exact) mass is 865 g/mol. The Hall–Kier alpha value is -6.12. The molecule has 0 radical (unpaired) electrons. The minimum atomic E-state index is 0.0293. The van der Waals surface area contributed by atoms with Crippen LogP contribution in [-0.4, -0.2) is 0 Å². The Morgan fingerprint density at radius 3 is 0.939 bits per heavy atom. The van der Waals surface area contributed by atoms with Crippen LogP contribution < -0.4 is 9.80 Å². The lowest BCUT2D eigenvalue weighted by Gasteiger charge is -2.43. The summed E-state index contributed by atoms with van der Waals surface area (Å²) in [6, 6.07) is 56.1. The van der Waals surface area contributed by atoms with Crippen molar-refractivity contribution in [3.63, 3.8) is 0 Å². The Morgan fingerprint density at radius 1 is 0.318 bits per heavy atom. The maximum Gasteiger partial charge on any atom is 0.0619 e. The molecule has 0 saturated carbocycles. The topological polar surface area (TPSA) is 6.48 Å². The second-order valence-corrected chi connectivity index (χ2v) is 22.7. The molecule has 0 heterocycles. The standard InChI is InChI=1S/C64H68N2/c1-41-17-13-21-47(33-41)65(48-22-14-18-42(2)34-48)46-27-25-45(26-28-46)59-51-37-55-57(63(9,10)31-29-61(55,5)6)39-53(51)60(54-40-58-56(38-52(54)59)62(7,8)30-32-64(58,11)12)66(49-23-15-19-43(3)35-49)50-24-16-20-44(4)36-50/h13-28,33-40H,29-32H2,1-12H3. The highest BCUT2D eigenvalue weighted by molar-refractivity contribution is 6.23. The van der Waals surface area contributed by atoms with Gasteiger partial charge in [0.05, 0.1) is 5.69 Å². The molecule has 10 rings (SSSR count). The quantitative estimate of drug-likeness (QED) is 0.147. The third kappa shape index (κ3) is 7.51. The molecule has 0 unspecified atom stereocenters. The number of aryl methyl sites for hydroxylation is 4. The van der Waals surface area contributed by atoms with Gasteiger partial charge in [-0.3, -0.25) is 0 Å². The number of hydrogen-bond acceptors (Lipinski definition) is 2. The summed E-state index contributed by atoms with van der Waals surface area (Å²) in [5.41, 5.74) is 20.7. The van der Waals surface area contributed by atoms with Crippen LogP contribution in [0.4, 0.5) is 34.1 Å². The fraction of sp³-hybridized carbons (Fsp3) is 0.312. The van der Waals surface area contributed by atoms with Gasteiger partial charge in [-0.1, -0.05) is 116 Å². The lowest BCUT2D eigenvalue weighted by Crippen LogP contribution is -2.34. The van der Waals surface area contributed by atoms with Gasteiger partial charge in [-0.05, 0) is 226 Å². The van der Waals surface area contributed by atoms with Gasteiger partial charge in [-0.15, -0.1) is 0 Å². The Labute approximate surface area is 395 Å². The van der Waals surface area contributed by atoms with Crippen LogP contribution in [0.3, 0.4) is 0 Å². The molecular weight excluding hydrogens is 797 g/mol. The highest BCUT2D eigenvalue weighted by Gasteiger charge is 2.41. The van der Waals surface area contributed by atoms with Gasteiger partial charge in [0.2, 0.25) is 0 Å². The van der Waals surface area contributed by atoms with Crippen molar-refractivity contribution in [2.75, 3.05) is 9.80 Å². The molecule has 2 aliphatic rings. The molecule has 0 atom stereocenters. The van der Waals surface area contributed by atoms with Gasteiger partial charge < -0.3 is 9.80 Å². The fourth-order valence-electron chi connectivity index (χ4n) is 11.6. The second-order valence-electron chi connectivity index (χ2n) is 22.7. The summed E-state index contributed by atoms with van der Waals surface area (Å²) in [6.45, 7) is 28.6. The molecule has 8 aromatic rings. The molecule has 0 aliphatic heterocycles. The number of fused-ring (bicyclic) bond motifs is 4. The zero-order chi connectivity index (χ0) is 46.5. The van der Waals surface area contributed by atoms with Gasteiger partial charge >= 0.3 is 0 Å². The number of hydrogen-bond donors (Lipinski definition) is 0.